The zero-order valence-electron chi connectivity index (χ0n) is 31.1. The van der Waals surface area contributed by atoms with Crippen LogP contribution < -0.4 is 0 Å². The smallest absolute Gasteiger partial charge is 0.160 e. The van der Waals surface area contributed by atoms with Gasteiger partial charge in [-0.1, -0.05) is 127 Å². The van der Waals surface area contributed by atoms with Crippen LogP contribution in [0.4, 0.5) is 0 Å². The molecule has 0 unspecified atom stereocenters. The van der Waals surface area contributed by atoms with Crippen molar-refractivity contribution in [3.63, 3.8) is 0 Å². The first-order valence-electron chi connectivity index (χ1n) is 18.9. The van der Waals surface area contributed by atoms with Gasteiger partial charge in [0, 0.05) is 55.1 Å². The molecule has 0 aliphatic rings. The van der Waals surface area contributed by atoms with Gasteiger partial charge in [0.2, 0.25) is 0 Å². The summed E-state index contributed by atoms with van der Waals surface area (Å²) in [5.74, 6) is 3.33. The SMILES string of the molecule is C#C/C=C\c1sc2c(-c3ccc4c5ccccc5n(-c5ccc(-c6cc(-c7ccc(-c8cccnc8)cc7)nc(-c7ccccc7)n6)cc5)c4c3)cccc2c1C. The molecule has 0 bridgehead atoms. The van der Waals surface area contributed by atoms with Gasteiger partial charge in [0.15, 0.2) is 5.82 Å². The van der Waals surface area contributed by atoms with E-state index in [4.69, 9.17) is 16.4 Å². The summed E-state index contributed by atoms with van der Waals surface area (Å²) in [5, 5.41) is 3.70. The summed E-state index contributed by atoms with van der Waals surface area (Å²) in [6, 6.07) is 55.7. The number of benzene rings is 6. The number of allylic oxidation sites excluding steroid dienone is 1. The van der Waals surface area contributed by atoms with Crippen molar-refractivity contribution < 1.29 is 0 Å². The van der Waals surface area contributed by atoms with Crippen LogP contribution in [-0.2, 0) is 0 Å². The standard InChI is InChI=1S/C52H34N4S/c1-3-4-19-50-34(2)42-16-10-17-43(51(42)57-50)39-26-29-45-44-15-8-9-18-48(44)56(49(45)31-39)41-27-24-37(25-28-41)47-32-46(54-52(55-47)38-12-6-5-7-13-38)36-22-20-35(21-23-36)40-14-11-30-53-33-40/h1,4-33H,2H3/b19-4-. The average Bonchev–Trinajstić information content (AvgIpc) is 3.79. The van der Waals surface area contributed by atoms with E-state index in [1.807, 2.05) is 36.5 Å². The lowest BCUT2D eigenvalue weighted by Crippen LogP contribution is -1.97. The Labute approximate surface area is 335 Å². The van der Waals surface area contributed by atoms with E-state index >= 15 is 0 Å². The number of hydrogen-bond acceptors (Lipinski definition) is 4. The predicted octanol–water partition coefficient (Wildman–Crippen LogP) is 13.5. The van der Waals surface area contributed by atoms with Crippen molar-refractivity contribution in [3.8, 4) is 74.2 Å². The second-order valence-electron chi connectivity index (χ2n) is 14.1. The van der Waals surface area contributed by atoms with Gasteiger partial charge >= 0.3 is 0 Å². The molecule has 0 atom stereocenters. The first kappa shape index (κ1) is 34.1. The van der Waals surface area contributed by atoms with Crippen LogP contribution in [0.5, 0.6) is 0 Å². The summed E-state index contributed by atoms with van der Waals surface area (Å²) in [6.07, 6.45) is 13.1. The number of fused-ring (bicyclic) bond motifs is 4. The summed E-state index contributed by atoms with van der Waals surface area (Å²) in [7, 11) is 0. The van der Waals surface area contributed by atoms with Crippen LogP contribution in [0.1, 0.15) is 10.4 Å². The van der Waals surface area contributed by atoms with Gasteiger partial charge in [0.1, 0.15) is 0 Å². The Morgan fingerprint density at radius 3 is 2.00 bits per heavy atom. The van der Waals surface area contributed by atoms with Crippen molar-refractivity contribution >= 4 is 49.3 Å². The Balaban J connectivity index is 1.07. The molecule has 0 radical (unpaired) electrons. The molecule has 57 heavy (non-hydrogen) atoms. The molecule has 0 amide bonds. The molecule has 0 fully saturated rings. The number of nitrogens with zero attached hydrogens (tertiary/aromatic N) is 4. The average molecular weight is 747 g/mol. The molecule has 0 aliphatic carbocycles. The Kier molecular flexibility index (Phi) is 8.59. The molecule has 10 rings (SSSR count). The number of terminal acetylenes is 1. The third-order valence-corrected chi connectivity index (χ3v) is 12.0. The molecule has 0 saturated carbocycles. The van der Waals surface area contributed by atoms with Crippen LogP contribution in [0, 0.1) is 19.3 Å². The summed E-state index contributed by atoms with van der Waals surface area (Å²) < 4.78 is 3.64. The molecule has 5 heteroatoms. The predicted molar refractivity (Wildman–Crippen MR) is 239 cm³/mol. The Hall–Kier alpha value is -7.39. The number of aryl methyl sites for hydroxylation is 1. The minimum Gasteiger partial charge on any atom is -0.309 e. The molecule has 10 aromatic rings. The number of pyridine rings is 1. The Bertz CT molecular complexity index is 3170. The quantitative estimate of drug-likeness (QED) is 0.153. The molecule has 0 saturated heterocycles. The van der Waals surface area contributed by atoms with Crippen molar-refractivity contribution in [2.75, 3.05) is 0 Å². The highest BCUT2D eigenvalue weighted by atomic mass is 32.1. The van der Waals surface area contributed by atoms with Gasteiger partial charge in [-0.2, -0.15) is 0 Å². The van der Waals surface area contributed by atoms with Crippen molar-refractivity contribution in [3.05, 3.63) is 187 Å². The Morgan fingerprint density at radius 1 is 0.579 bits per heavy atom. The minimum absolute atomic E-state index is 0.689. The third kappa shape index (κ3) is 6.19. The molecule has 0 N–H and O–H groups in total. The highest BCUT2D eigenvalue weighted by molar-refractivity contribution is 7.20. The van der Waals surface area contributed by atoms with Gasteiger partial charge in [-0.05, 0) is 88.7 Å². The van der Waals surface area contributed by atoms with Gasteiger partial charge in [-0.3, -0.25) is 4.98 Å². The second-order valence-corrected chi connectivity index (χ2v) is 15.1. The first-order chi connectivity index (χ1) is 28.1. The van der Waals surface area contributed by atoms with Crippen LogP contribution in [0.25, 0.3) is 99.8 Å². The van der Waals surface area contributed by atoms with Crippen LogP contribution >= 0.6 is 11.3 Å². The molecule has 4 heterocycles. The fourth-order valence-corrected chi connectivity index (χ4v) is 9.04. The zero-order valence-corrected chi connectivity index (χ0v) is 31.9. The lowest BCUT2D eigenvalue weighted by Gasteiger charge is -2.12. The van der Waals surface area contributed by atoms with Gasteiger partial charge < -0.3 is 4.57 Å². The van der Waals surface area contributed by atoms with Crippen molar-refractivity contribution in [1.29, 1.82) is 0 Å². The molecule has 4 nitrogen and oxygen atoms in total. The van der Waals surface area contributed by atoms with E-state index in [1.165, 1.54) is 42.4 Å². The molecule has 4 aromatic heterocycles. The monoisotopic (exact) mass is 746 g/mol. The maximum Gasteiger partial charge on any atom is 0.160 e. The summed E-state index contributed by atoms with van der Waals surface area (Å²) in [6.45, 7) is 2.18. The number of rotatable bonds is 7. The topological polar surface area (TPSA) is 43.6 Å². The highest BCUT2D eigenvalue weighted by Crippen LogP contribution is 2.41. The Morgan fingerprint density at radius 2 is 1.25 bits per heavy atom. The van der Waals surface area contributed by atoms with E-state index in [2.05, 4.69) is 156 Å². The maximum atomic E-state index is 5.56. The lowest BCUT2D eigenvalue weighted by molar-refractivity contribution is 1.17. The van der Waals surface area contributed by atoms with Crippen molar-refractivity contribution in [2.24, 2.45) is 0 Å². The van der Waals surface area contributed by atoms with E-state index in [-0.39, 0.29) is 0 Å². The normalized spacial score (nSPS) is 11.5. The fourth-order valence-electron chi connectivity index (χ4n) is 7.80. The molecule has 6 aromatic carbocycles. The van der Waals surface area contributed by atoms with E-state index in [1.54, 1.807) is 23.6 Å². The number of thiophene rings is 1. The minimum atomic E-state index is 0.689. The number of para-hydroxylation sites is 1. The second kappa shape index (κ2) is 14.4. The number of aromatic nitrogens is 4. The van der Waals surface area contributed by atoms with Crippen molar-refractivity contribution in [2.45, 2.75) is 6.92 Å². The van der Waals surface area contributed by atoms with Crippen LogP contribution in [0.2, 0.25) is 0 Å². The third-order valence-electron chi connectivity index (χ3n) is 10.7. The van der Waals surface area contributed by atoms with Gasteiger partial charge in [-0.15, -0.1) is 17.8 Å². The van der Waals surface area contributed by atoms with Gasteiger partial charge in [0.05, 0.1) is 22.4 Å². The van der Waals surface area contributed by atoms with E-state index in [9.17, 15) is 0 Å². The van der Waals surface area contributed by atoms with E-state index < -0.39 is 0 Å². The maximum absolute atomic E-state index is 5.56. The van der Waals surface area contributed by atoms with Crippen LogP contribution in [-0.4, -0.2) is 19.5 Å². The van der Waals surface area contributed by atoms with Crippen LogP contribution in [0.3, 0.4) is 0 Å². The van der Waals surface area contributed by atoms with Crippen molar-refractivity contribution in [1.82, 2.24) is 19.5 Å². The van der Waals surface area contributed by atoms with Crippen LogP contribution in [0.15, 0.2) is 176 Å². The molecule has 268 valence electrons. The van der Waals surface area contributed by atoms with Gasteiger partial charge in [0.25, 0.3) is 0 Å². The summed E-state index contributed by atoms with van der Waals surface area (Å²) >= 11 is 1.79. The molecule has 0 spiro atoms. The first-order valence-corrected chi connectivity index (χ1v) is 19.7. The lowest BCUT2D eigenvalue weighted by atomic mass is 10.0. The van der Waals surface area contributed by atoms with E-state index in [0.717, 1.165) is 55.9 Å². The van der Waals surface area contributed by atoms with E-state index in [0.29, 0.717) is 5.82 Å². The number of hydrogen-bond donors (Lipinski definition) is 0. The highest BCUT2D eigenvalue weighted by Gasteiger charge is 2.17. The molecular weight excluding hydrogens is 713 g/mol. The largest absolute Gasteiger partial charge is 0.309 e. The zero-order chi connectivity index (χ0) is 38.3. The summed E-state index contributed by atoms with van der Waals surface area (Å²) in [4.78, 5) is 15.7. The molecular formula is C52H34N4S. The molecule has 0 aliphatic heterocycles. The van der Waals surface area contributed by atoms with Gasteiger partial charge in [-0.25, -0.2) is 9.97 Å². The summed E-state index contributed by atoms with van der Waals surface area (Å²) in [5.41, 5.74) is 14.0. The fraction of sp³-hybridized carbons (Fsp3) is 0.0192.